The first-order valence-electron chi connectivity index (χ1n) is 5.55. The summed E-state index contributed by atoms with van der Waals surface area (Å²) in [5.41, 5.74) is 0.0273. The Morgan fingerprint density at radius 1 is 1.44 bits per heavy atom. The second-order valence-corrected chi connectivity index (χ2v) is 3.82. The fraction of sp³-hybridized carbons (Fsp3) is 0.500. The Bertz CT molecular complexity index is 423. The molecule has 16 heavy (non-hydrogen) atoms. The molecule has 0 fully saturated rings. The Balaban J connectivity index is 3.14. The first-order valence-corrected chi connectivity index (χ1v) is 5.55. The zero-order valence-electron chi connectivity index (χ0n) is 9.64. The normalized spacial score (nSPS) is 12.4. The van der Waals surface area contributed by atoms with E-state index in [1.807, 2.05) is 6.92 Å². The lowest BCUT2D eigenvalue weighted by Gasteiger charge is -2.17. The molecule has 0 aliphatic heterocycles. The molecular weight excluding hydrogens is 206 g/mol. The molecule has 0 aromatic carbocycles. The molecule has 1 rings (SSSR count). The van der Waals surface area contributed by atoms with Crippen LogP contribution < -0.4 is 5.56 Å². The van der Waals surface area contributed by atoms with E-state index < -0.39 is 5.97 Å². The summed E-state index contributed by atoms with van der Waals surface area (Å²) in [5.74, 6) is -1.000. The van der Waals surface area contributed by atoms with Crippen molar-refractivity contribution >= 4 is 5.97 Å². The van der Waals surface area contributed by atoms with Gasteiger partial charge in [0.05, 0.1) is 5.56 Å². The van der Waals surface area contributed by atoms with Crippen LogP contribution in [0.5, 0.6) is 0 Å². The van der Waals surface area contributed by atoms with E-state index in [0.29, 0.717) is 0 Å². The van der Waals surface area contributed by atoms with Crippen molar-refractivity contribution in [3.8, 4) is 0 Å². The van der Waals surface area contributed by atoms with Gasteiger partial charge >= 0.3 is 5.97 Å². The number of carbonyl (C=O) groups is 1. The van der Waals surface area contributed by atoms with E-state index in [-0.39, 0.29) is 17.2 Å². The molecule has 4 heteroatoms. The second-order valence-electron chi connectivity index (χ2n) is 3.82. The van der Waals surface area contributed by atoms with E-state index in [9.17, 15) is 9.59 Å². The predicted molar refractivity (Wildman–Crippen MR) is 61.9 cm³/mol. The van der Waals surface area contributed by atoms with Crippen molar-refractivity contribution in [2.75, 3.05) is 0 Å². The lowest BCUT2D eigenvalue weighted by atomic mass is 10.1. The van der Waals surface area contributed by atoms with Crippen molar-refractivity contribution in [3.05, 3.63) is 34.2 Å². The average Bonchev–Trinajstić information content (AvgIpc) is 2.26. The summed E-state index contributed by atoms with van der Waals surface area (Å²) in [6.45, 7) is 4.05. The van der Waals surface area contributed by atoms with E-state index in [0.717, 1.165) is 19.3 Å². The van der Waals surface area contributed by atoms with Gasteiger partial charge in [0.25, 0.3) is 5.56 Å². The van der Waals surface area contributed by atoms with E-state index in [2.05, 4.69) is 6.92 Å². The Morgan fingerprint density at radius 3 is 2.62 bits per heavy atom. The molecule has 0 bridgehead atoms. The zero-order valence-corrected chi connectivity index (χ0v) is 9.64. The van der Waals surface area contributed by atoms with Crippen LogP contribution in [-0.2, 0) is 0 Å². The van der Waals surface area contributed by atoms with Gasteiger partial charge in [0, 0.05) is 18.3 Å². The van der Waals surface area contributed by atoms with Gasteiger partial charge in [0.2, 0.25) is 0 Å². The number of hydrogen-bond donors (Lipinski definition) is 1. The molecule has 0 saturated heterocycles. The third kappa shape index (κ3) is 2.72. The van der Waals surface area contributed by atoms with Crippen LogP contribution in [0.1, 0.15) is 49.5 Å². The van der Waals surface area contributed by atoms with Gasteiger partial charge in [-0.1, -0.05) is 20.3 Å². The minimum absolute atomic E-state index is 0.0943. The molecule has 0 aliphatic rings. The maximum atomic E-state index is 11.6. The first kappa shape index (κ1) is 12.5. The largest absolute Gasteiger partial charge is 0.478 e. The Hall–Kier alpha value is -1.58. The highest BCUT2D eigenvalue weighted by Crippen LogP contribution is 2.15. The molecule has 1 heterocycles. The molecule has 0 spiro atoms. The van der Waals surface area contributed by atoms with Crippen LogP contribution >= 0.6 is 0 Å². The van der Waals surface area contributed by atoms with E-state index in [4.69, 9.17) is 5.11 Å². The Kier molecular flexibility index (Phi) is 4.28. The lowest BCUT2D eigenvalue weighted by molar-refractivity contribution is 0.0695. The fourth-order valence-electron chi connectivity index (χ4n) is 1.79. The van der Waals surface area contributed by atoms with Gasteiger partial charge < -0.3 is 9.67 Å². The van der Waals surface area contributed by atoms with Gasteiger partial charge in [-0.3, -0.25) is 4.79 Å². The molecule has 1 aromatic heterocycles. The summed E-state index contributed by atoms with van der Waals surface area (Å²) in [7, 11) is 0. The molecule has 0 saturated carbocycles. The summed E-state index contributed by atoms with van der Waals surface area (Å²) in [6, 6.07) is 2.76. The number of nitrogens with zero attached hydrogens (tertiary/aromatic N) is 1. The van der Waals surface area contributed by atoms with Crippen molar-refractivity contribution in [2.24, 2.45) is 0 Å². The van der Waals surface area contributed by atoms with Crippen molar-refractivity contribution in [1.29, 1.82) is 0 Å². The number of hydrogen-bond acceptors (Lipinski definition) is 2. The summed E-state index contributed by atoms with van der Waals surface area (Å²) < 4.78 is 1.53. The van der Waals surface area contributed by atoms with Crippen LogP contribution in [-0.4, -0.2) is 15.6 Å². The highest BCUT2D eigenvalue weighted by Gasteiger charge is 2.11. The maximum Gasteiger partial charge on any atom is 0.337 e. The molecule has 1 N–H and O–H groups in total. The van der Waals surface area contributed by atoms with Gasteiger partial charge in [0.15, 0.2) is 0 Å². The van der Waals surface area contributed by atoms with Crippen LogP contribution in [0.15, 0.2) is 23.1 Å². The molecule has 88 valence electrons. The minimum atomic E-state index is -1.000. The number of aromatic nitrogens is 1. The number of carboxylic acids is 1. The minimum Gasteiger partial charge on any atom is -0.478 e. The third-order valence-corrected chi connectivity index (χ3v) is 2.67. The SMILES string of the molecule is CCCC(CC)n1cc(C(=O)O)ccc1=O. The van der Waals surface area contributed by atoms with Gasteiger partial charge in [0.1, 0.15) is 0 Å². The first-order chi connectivity index (χ1) is 7.60. The summed E-state index contributed by atoms with van der Waals surface area (Å²) in [5, 5.41) is 8.87. The van der Waals surface area contributed by atoms with Crippen LogP contribution in [0.2, 0.25) is 0 Å². The maximum absolute atomic E-state index is 11.6. The molecule has 1 atom stereocenters. The van der Waals surface area contributed by atoms with Crippen LogP contribution in [0, 0.1) is 0 Å². The summed E-state index contributed by atoms with van der Waals surface area (Å²) in [6.07, 6.45) is 4.13. The van der Waals surface area contributed by atoms with Crippen molar-refractivity contribution in [1.82, 2.24) is 4.57 Å². The highest BCUT2D eigenvalue weighted by molar-refractivity contribution is 5.87. The molecular formula is C12H17NO3. The third-order valence-electron chi connectivity index (χ3n) is 2.67. The van der Waals surface area contributed by atoms with E-state index >= 15 is 0 Å². The quantitative estimate of drug-likeness (QED) is 0.833. The van der Waals surface area contributed by atoms with Crippen LogP contribution in [0.4, 0.5) is 0 Å². The second kappa shape index (κ2) is 5.49. The standard InChI is InChI=1S/C12H17NO3/c1-3-5-10(4-2)13-8-9(12(15)16)6-7-11(13)14/h6-8,10H,3-5H2,1-2H3,(H,15,16). The molecule has 1 aromatic rings. The highest BCUT2D eigenvalue weighted by atomic mass is 16.4. The average molecular weight is 223 g/mol. The summed E-state index contributed by atoms with van der Waals surface area (Å²) >= 11 is 0. The zero-order chi connectivity index (χ0) is 12.1. The molecule has 0 radical (unpaired) electrons. The number of carboxylic acid groups (broad SMARTS) is 1. The van der Waals surface area contributed by atoms with Crippen molar-refractivity contribution in [2.45, 2.75) is 39.2 Å². The smallest absolute Gasteiger partial charge is 0.337 e. The Labute approximate surface area is 94.5 Å². The van der Waals surface area contributed by atoms with Crippen LogP contribution in [0.25, 0.3) is 0 Å². The van der Waals surface area contributed by atoms with Gasteiger partial charge in [-0.25, -0.2) is 4.79 Å². The van der Waals surface area contributed by atoms with Gasteiger partial charge in [-0.05, 0) is 18.9 Å². The van der Waals surface area contributed by atoms with Crippen LogP contribution in [0.3, 0.4) is 0 Å². The van der Waals surface area contributed by atoms with Gasteiger partial charge in [-0.2, -0.15) is 0 Å². The van der Waals surface area contributed by atoms with Crippen molar-refractivity contribution < 1.29 is 9.90 Å². The predicted octanol–water partition coefficient (Wildman–Crippen LogP) is 2.30. The fourth-order valence-corrected chi connectivity index (χ4v) is 1.79. The molecule has 1 unspecified atom stereocenters. The molecule has 4 nitrogen and oxygen atoms in total. The molecule has 0 aliphatic carbocycles. The number of pyridine rings is 1. The van der Waals surface area contributed by atoms with E-state index in [1.165, 1.54) is 22.9 Å². The van der Waals surface area contributed by atoms with E-state index in [1.54, 1.807) is 0 Å². The number of rotatable bonds is 5. The lowest BCUT2D eigenvalue weighted by Crippen LogP contribution is -2.24. The summed E-state index contributed by atoms with van der Waals surface area (Å²) in [4.78, 5) is 22.5. The number of aromatic carboxylic acids is 1. The topological polar surface area (TPSA) is 59.3 Å². The monoisotopic (exact) mass is 223 g/mol. The van der Waals surface area contributed by atoms with Gasteiger partial charge in [-0.15, -0.1) is 0 Å². The van der Waals surface area contributed by atoms with Crippen molar-refractivity contribution in [3.63, 3.8) is 0 Å². The Morgan fingerprint density at radius 2 is 2.12 bits per heavy atom. The molecule has 0 amide bonds.